The van der Waals surface area contributed by atoms with Gasteiger partial charge in [0.25, 0.3) is 0 Å². The van der Waals surface area contributed by atoms with Gasteiger partial charge < -0.3 is 24.8 Å². The Bertz CT molecular complexity index is 1120. The number of fused-ring (bicyclic) bond motifs is 3. The van der Waals surface area contributed by atoms with Crippen molar-refractivity contribution in [3.63, 3.8) is 0 Å². The van der Waals surface area contributed by atoms with Crippen molar-refractivity contribution < 1.29 is 29.0 Å². The lowest BCUT2D eigenvalue weighted by molar-refractivity contribution is -0.148. The molecule has 8 nitrogen and oxygen atoms in total. The SMILES string of the molecule is CC#CCC(NC(=O)OCC1c2ccccc2-c2ccccc21)C(=O)N1CCOC(CC(=O)O)C1. The fourth-order valence-corrected chi connectivity index (χ4v) is 4.64. The molecule has 182 valence electrons. The number of carboxylic acids is 1. The van der Waals surface area contributed by atoms with E-state index in [1.807, 2.05) is 36.4 Å². The number of morpholine rings is 1. The molecule has 0 saturated carbocycles. The predicted octanol–water partition coefficient (Wildman–Crippen LogP) is 3.01. The third kappa shape index (κ3) is 5.64. The van der Waals surface area contributed by atoms with Crippen LogP contribution in [0.25, 0.3) is 11.1 Å². The Morgan fingerprint density at radius 2 is 1.80 bits per heavy atom. The Kier molecular flexibility index (Phi) is 7.68. The van der Waals surface area contributed by atoms with Gasteiger partial charge in [0.15, 0.2) is 0 Å². The van der Waals surface area contributed by atoms with Gasteiger partial charge in [-0.1, -0.05) is 48.5 Å². The van der Waals surface area contributed by atoms with E-state index in [4.69, 9.17) is 14.6 Å². The van der Waals surface area contributed by atoms with Crippen LogP contribution < -0.4 is 5.32 Å². The lowest BCUT2D eigenvalue weighted by atomic mass is 9.98. The number of nitrogens with zero attached hydrogens (tertiary/aromatic N) is 1. The van der Waals surface area contributed by atoms with Gasteiger partial charge in [0.2, 0.25) is 5.91 Å². The molecule has 2 unspecified atom stereocenters. The van der Waals surface area contributed by atoms with E-state index < -0.39 is 24.2 Å². The maximum Gasteiger partial charge on any atom is 0.407 e. The molecule has 8 heteroatoms. The van der Waals surface area contributed by atoms with E-state index in [1.54, 1.807) is 6.92 Å². The predicted molar refractivity (Wildman–Crippen MR) is 129 cm³/mol. The van der Waals surface area contributed by atoms with Gasteiger partial charge in [-0.05, 0) is 29.2 Å². The molecule has 2 amide bonds. The van der Waals surface area contributed by atoms with Crippen molar-refractivity contribution in [3.05, 3.63) is 59.7 Å². The van der Waals surface area contributed by atoms with Crippen molar-refractivity contribution >= 4 is 18.0 Å². The summed E-state index contributed by atoms with van der Waals surface area (Å²) in [6.07, 6.45) is -1.35. The van der Waals surface area contributed by atoms with Crippen LogP contribution >= 0.6 is 0 Å². The number of hydrogen-bond acceptors (Lipinski definition) is 5. The van der Waals surface area contributed by atoms with Crippen LogP contribution in [0.2, 0.25) is 0 Å². The van der Waals surface area contributed by atoms with E-state index in [2.05, 4.69) is 29.3 Å². The zero-order valence-electron chi connectivity index (χ0n) is 19.5. The van der Waals surface area contributed by atoms with Crippen molar-refractivity contribution in [2.24, 2.45) is 0 Å². The zero-order valence-corrected chi connectivity index (χ0v) is 19.5. The van der Waals surface area contributed by atoms with Gasteiger partial charge in [0.1, 0.15) is 12.6 Å². The summed E-state index contributed by atoms with van der Waals surface area (Å²) in [5.74, 6) is 4.18. The van der Waals surface area contributed by atoms with Gasteiger partial charge in [0.05, 0.1) is 19.1 Å². The highest BCUT2D eigenvalue weighted by molar-refractivity contribution is 5.86. The number of hydrogen-bond donors (Lipinski definition) is 2. The number of benzene rings is 2. The fraction of sp³-hybridized carbons (Fsp3) is 0.370. The second-order valence-corrected chi connectivity index (χ2v) is 8.53. The third-order valence-electron chi connectivity index (χ3n) is 6.27. The molecule has 2 atom stereocenters. The third-order valence-corrected chi connectivity index (χ3v) is 6.27. The molecule has 1 aliphatic carbocycles. The van der Waals surface area contributed by atoms with Crippen LogP contribution in [-0.4, -0.2) is 66.4 Å². The van der Waals surface area contributed by atoms with Crippen LogP contribution in [0.5, 0.6) is 0 Å². The standard InChI is InChI=1S/C27H28N2O6/c1-2-3-12-24(26(32)29-13-14-34-18(16-29)15-25(30)31)28-27(33)35-17-23-21-10-6-4-8-19(21)20-9-5-7-11-22(20)23/h4-11,18,23-24H,12-17H2,1H3,(H,28,33)(H,30,31). The number of carbonyl (C=O) groups excluding carboxylic acids is 2. The highest BCUT2D eigenvalue weighted by Crippen LogP contribution is 2.44. The molecule has 2 N–H and O–H groups in total. The lowest BCUT2D eigenvalue weighted by Crippen LogP contribution is -2.54. The molecule has 2 aliphatic rings. The van der Waals surface area contributed by atoms with Crippen molar-refractivity contribution in [2.75, 3.05) is 26.3 Å². The largest absolute Gasteiger partial charge is 0.481 e. The van der Waals surface area contributed by atoms with Crippen LogP contribution in [0, 0.1) is 11.8 Å². The van der Waals surface area contributed by atoms with Crippen molar-refractivity contribution in [1.29, 1.82) is 0 Å². The van der Waals surface area contributed by atoms with E-state index in [9.17, 15) is 14.4 Å². The topological polar surface area (TPSA) is 105 Å². The molecular weight excluding hydrogens is 448 g/mol. The number of aliphatic carboxylic acids is 1. The summed E-state index contributed by atoms with van der Waals surface area (Å²) < 4.78 is 11.0. The van der Waals surface area contributed by atoms with Crippen molar-refractivity contribution in [2.45, 2.75) is 37.8 Å². The second-order valence-electron chi connectivity index (χ2n) is 8.53. The average molecular weight is 477 g/mol. The highest BCUT2D eigenvalue weighted by Gasteiger charge is 2.32. The summed E-state index contributed by atoms with van der Waals surface area (Å²) in [5, 5.41) is 11.7. The van der Waals surface area contributed by atoms with Crippen molar-refractivity contribution in [3.8, 4) is 23.0 Å². The molecule has 2 aromatic rings. The van der Waals surface area contributed by atoms with Crippen LogP contribution in [0.15, 0.2) is 48.5 Å². The number of ether oxygens (including phenoxy) is 2. The van der Waals surface area contributed by atoms with Gasteiger partial charge >= 0.3 is 12.1 Å². The summed E-state index contributed by atoms with van der Waals surface area (Å²) in [7, 11) is 0. The smallest absolute Gasteiger partial charge is 0.407 e. The first-order valence-corrected chi connectivity index (χ1v) is 11.6. The molecule has 1 heterocycles. The molecule has 35 heavy (non-hydrogen) atoms. The number of carboxylic acid groups (broad SMARTS) is 1. The van der Waals surface area contributed by atoms with E-state index in [0.717, 1.165) is 22.3 Å². The van der Waals surface area contributed by atoms with Crippen molar-refractivity contribution in [1.82, 2.24) is 10.2 Å². The number of alkyl carbamates (subject to hydrolysis) is 1. The summed E-state index contributed by atoms with van der Waals surface area (Å²) in [5.41, 5.74) is 4.46. The monoisotopic (exact) mass is 476 g/mol. The minimum atomic E-state index is -0.991. The Morgan fingerprint density at radius 3 is 2.43 bits per heavy atom. The normalized spacial score (nSPS) is 17.4. The average Bonchev–Trinajstić information content (AvgIpc) is 3.18. The number of carbonyl (C=O) groups is 3. The quantitative estimate of drug-likeness (QED) is 0.596. The van der Waals surface area contributed by atoms with Gasteiger partial charge in [-0.25, -0.2) is 4.79 Å². The number of rotatable bonds is 7. The first-order chi connectivity index (χ1) is 17.0. The molecule has 0 radical (unpaired) electrons. The molecule has 1 aliphatic heterocycles. The summed E-state index contributed by atoms with van der Waals surface area (Å²) in [6.45, 7) is 2.50. The number of amides is 2. The summed E-state index contributed by atoms with van der Waals surface area (Å²) in [6, 6.07) is 15.2. The Labute approximate surface area is 204 Å². The molecule has 1 saturated heterocycles. The Morgan fingerprint density at radius 1 is 1.14 bits per heavy atom. The molecule has 0 aromatic heterocycles. The summed E-state index contributed by atoms with van der Waals surface area (Å²) in [4.78, 5) is 38.4. The fourth-order valence-electron chi connectivity index (χ4n) is 4.64. The van der Waals surface area contributed by atoms with Gasteiger partial charge in [-0.2, -0.15) is 0 Å². The maximum absolute atomic E-state index is 13.1. The highest BCUT2D eigenvalue weighted by atomic mass is 16.5. The minimum absolute atomic E-state index is 0.0891. The Hall–Kier alpha value is -3.83. The molecule has 2 aromatic carbocycles. The molecule has 1 fully saturated rings. The maximum atomic E-state index is 13.1. The van der Waals surface area contributed by atoms with E-state index in [0.29, 0.717) is 6.54 Å². The van der Waals surface area contributed by atoms with Crippen LogP contribution in [0.3, 0.4) is 0 Å². The van der Waals surface area contributed by atoms with E-state index >= 15 is 0 Å². The molecule has 4 rings (SSSR count). The minimum Gasteiger partial charge on any atom is -0.481 e. The van der Waals surface area contributed by atoms with Gasteiger partial charge in [-0.15, -0.1) is 11.8 Å². The number of nitrogens with one attached hydrogen (secondary N) is 1. The van der Waals surface area contributed by atoms with E-state index in [-0.39, 0.29) is 44.4 Å². The Balaban J connectivity index is 1.41. The van der Waals surface area contributed by atoms with E-state index in [1.165, 1.54) is 4.90 Å². The first kappa shape index (κ1) is 24.3. The van der Waals surface area contributed by atoms with Crippen LogP contribution in [0.1, 0.15) is 36.8 Å². The molecule has 0 spiro atoms. The first-order valence-electron chi connectivity index (χ1n) is 11.6. The molecule has 0 bridgehead atoms. The molecular formula is C27H28N2O6. The van der Waals surface area contributed by atoms with Gasteiger partial charge in [0, 0.05) is 25.4 Å². The van der Waals surface area contributed by atoms with Gasteiger partial charge in [-0.3, -0.25) is 9.59 Å². The summed E-state index contributed by atoms with van der Waals surface area (Å²) >= 11 is 0. The second kappa shape index (κ2) is 11.1. The van der Waals surface area contributed by atoms with Crippen LogP contribution in [0.4, 0.5) is 4.79 Å². The lowest BCUT2D eigenvalue weighted by Gasteiger charge is -2.34. The zero-order chi connectivity index (χ0) is 24.8. The van der Waals surface area contributed by atoms with Crippen LogP contribution in [-0.2, 0) is 19.1 Å².